The predicted molar refractivity (Wildman–Crippen MR) is 517 cm³/mol. The number of benzene rings is 16. The normalized spacial score (nSPS) is 11.3. The molecule has 0 aliphatic heterocycles. The van der Waals surface area contributed by atoms with Crippen molar-refractivity contribution in [1.82, 2.24) is 0 Å². The summed E-state index contributed by atoms with van der Waals surface area (Å²) in [7, 11) is 0. The van der Waals surface area contributed by atoms with E-state index in [1.54, 1.807) is 0 Å². The molecule has 592 valence electrons. The number of hydrogen-bond donors (Lipinski definition) is 0. The third-order valence-corrected chi connectivity index (χ3v) is 25.7. The molecule has 16 aromatic carbocycles. The lowest BCUT2D eigenvalue weighted by molar-refractivity contribution is 0.665. The van der Waals surface area contributed by atoms with Crippen LogP contribution in [0.1, 0.15) is 89.0 Å². The van der Waals surface area contributed by atoms with Gasteiger partial charge in [0.25, 0.3) is 0 Å². The molecule has 8 heteroatoms. The van der Waals surface area contributed by atoms with Gasteiger partial charge in [0.1, 0.15) is 67.0 Å². The Morgan fingerprint density at radius 1 is 0.158 bits per heavy atom. The molecule has 24 aromatic rings. The lowest BCUT2D eigenvalue weighted by atomic mass is 10.0. The zero-order valence-corrected chi connectivity index (χ0v) is 72.6. The van der Waals surface area contributed by atoms with Crippen molar-refractivity contribution in [2.45, 2.75) is 111 Å². The molecule has 0 spiro atoms. The molecular weight excluding hydrogens is 1510 g/mol. The Morgan fingerprint density at radius 2 is 0.475 bits per heavy atom. The maximum Gasteiger partial charge on any atom is 0.138 e. The van der Waals surface area contributed by atoms with Gasteiger partial charge in [0.05, 0.1) is 0 Å². The standard InChI is InChI=1S/6C14H12O.2C14H12S/c1-9-5-4-8-12-13(9)11-7-3-6-10(2)14(11)15-12;1-9-5-3-7-11-13(9)14-10(2)6-4-8-12(14)15-11;1-9-6-7-12-11(8-9)14-10(2)4-3-5-13(14)15-12;1-9-6-7-11-12-5-3-4-10(2)14(12)15-13(11)8-9;1-9-6-7-13-12(8-9)11-5-3-4-10(2)14(11)15-13;1-9-7-8-10(2)14-13(9)11-5-3-4-6-12(11)15-14;1-9-3-5-11-12-6-4-10(2)8-14(12)15-13(11)7-9;1-9-5-3-7-11-12-8-4-6-10(2)14(12)15-13(9)11/h8*3-8H,1-2H3. The minimum Gasteiger partial charge on any atom is -0.456 e. The van der Waals surface area contributed by atoms with E-state index in [9.17, 15) is 0 Å². The number of para-hydroxylation sites is 4. The first-order valence-corrected chi connectivity index (χ1v) is 42.8. The Kier molecular flexibility index (Phi) is 22.0. The summed E-state index contributed by atoms with van der Waals surface area (Å²) in [5.74, 6) is 0. The first-order valence-electron chi connectivity index (χ1n) is 41.1. The number of rotatable bonds is 0. The number of hydrogen-bond acceptors (Lipinski definition) is 8. The highest BCUT2D eigenvalue weighted by Gasteiger charge is 2.17. The number of furan rings is 6. The molecule has 0 saturated carbocycles. The van der Waals surface area contributed by atoms with Crippen molar-refractivity contribution >= 4 is 195 Å². The summed E-state index contributed by atoms with van der Waals surface area (Å²) < 4.78 is 40.7. The highest BCUT2D eigenvalue weighted by atomic mass is 32.1. The number of thiophene rings is 2. The topological polar surface area (TPSA) is 78.8 Å². The zero-order chi connectivity index (χ0) is 83.3. The third-order valence-electron chi connectivity index (χ3n) is 23.1. The fourth-order valence-electron chi connectivity index (χ4n) is 16.8. The van der Waals surface area contributed by atoms with Gasteiger partial charge in [0.15, 0.2) is 0 Å². The molecule has 0 bridgehead atoms. The smallest absolute Gasteiger partial charge is 0.138 e. The van der Waals surface area contributed by atoms with E-state index in [4.69, 9.17) is 26.5 Å². The van der Waals surface area contributed by atoms with Gasteiger partial charge in [-0.1, -0.05) is 230 Å². The maximum absolute atomic E-state index is 5.86. The lowest BCUT2D eigenvalue weighted by Crippen LogP contribution is -1.77. The second-order valence-corrected chi connectivity index (χ2v) is 34.4. The average molecular weight is 1600 g/mol. The Labute approximate surface area is 707 Å². The summed E-state index contributed by atoms with van der Waals surface area (Å²) in [6.07, 6.45) is 0. The Hall–Kier alpha value is -13.2. The van der Waals surface area contributed by atoms with Gasteiger partial charge >= 0.3 is 0 Å². The Bertz CT molecular complexity index is 7750. The van der Waals surface area contributed by atoms with E-state index in [-0.39, 0.29) is 0 Å². The predicted octanol–water partition coefficient (Wildman–Crippen LogP) is 34.6. The van der Waals surface area contributed by atoms with E-state index in [1.165, 1.54) is 194 Å². The molecule has 0 aliphatic rings. The van der Waals surface area contributed by atoms with Gasteiger partial charge in [0.2, 0.25) is 0 Å². The Morgan fingerprint density at radius 3 is 1.02 bits per heavy atom. The van der Waals surface area contributed by atoms with E-state index >= 15 is 0 Å². The van der Waals surface area contributed by atoms with Gasteiger partial charge < -0.3 is 26.5 Å². The summed E-state index contributed by atoms with van der Waals surface area (Å²) in [5.41, 5.74) is 32.3. The third kappa shape index (κ3) is 15.5. The monoisotopic (exact) mass is 1600 g/mol. The fraction of sp³-hybridized carbons (Fsp3) is 0.143. The molecule has 0 unspecified atom stereocenters. The number of aryl methyl sites for hydroxylation is 16. The van der Waals surface area contributed by atoms with Gasteiger partial charge in [-0.05, 0) is 261 Å². The average Bonchev–Trinajstić information content (AvgIpc) is 1.72. The van der Waals surface area contributed by atoms with Crippen LogP contribution in [0.4, 0.5) is 0 Å². The van der Waals surface area contributed by atoms with Crippen LogP contribution >= 0.6 is 22.7 Å². The van der Waals surface area contributed by atoms with Crippen LogP contribution < -0.4 is 0 Å². The first-order chi connectivity index (χ1) is 58.1. The van der Waals surface area contributed by atoms with Crippen molar-refractivity contribution in [2.24, 2.45) is 0 Å². The highest BCUT2D eigenvalue weighted by Crippen LogP contribution is 2.42. The van der Waals surface area contributed by atoms with Crippen LogP contribution in [0.5, 0.6) is 0 Å². The van der Waals surface area contributed by atoms with Crippen molar-refractivity contribution in [1.29, 1.82) is 0 Å². The minimum absolute atomic E-state index is 0.977. The van der Waals surface area contributed by atoms with Crippen molar-refractivity contribution in [2.75, 3.05) is 0 Å². The van der Waals surface area contributed by atoms with Gasteiger partial charge in [-0.2, -0.15) is 0 Å². The summed E-state index contributed by atoms with van der Waals surface area (Å²) in [5, 5.41) is 20.4. The summed E-state index contributed by atoms with van der Waals surface area (Å²) in [6.45, 7) is 33.9. The fourth-order valence-corrected chi connectivity index (χ4v) is 19.4. The molecule has 8 heterocycles. The molecule has 0 radical (unpaired) electrons. The lowest BCUT2D eigenvalue weighted by Gasteiger charge is -1.97. The van der Waals surface area contributed by atoms with Crippen LogP contribution in [-0.2, 0) is 0 Å². The van der Waals surface area contributed by atoms with E-state index in [0.717, 1.165) is 67.0 Å². The molecule has 0 amide bonds. The molecule has 6 nitrogen and oxygen atoms in total. The van der Waals surface area contributed by atoms with Gasteiger partial charge in [0, 0.05) is 105 Å². The first kappa shape index (κ1) is 79.2. The molecule has 0 aliphatic carbocycles. The van der Waals surface area contributed by atoms with Crippen LogP contribution in [0.3, 0.4) is 0 Å². The second-order valence-electron chi connectivity index (χ2n) is 32.3. The van der Waals surface area contributed by atoms with E-state index in [0.29, 0.717) is 0 Å². The quantitative estimate of drug-likeness (QED) is 0.151. The molecular formula is C112H96O6S2. The van der Waals surface area contributed by atoms with Crippen molar-refractivity contribution < 1.29 is 26.5 Å². The molecule has 24 rings (SSSR count). The molecule has 0 fully saturated rings. The molecule has 120 heavy (non-hydrogen) atoms. The van der Waals surface area contributed by atoms with Crippen LogP contribution in [0.25, 0.3) is 172 Å². The minimum atomic E-state index is 0.977. The van der Waals surface area contributed by atoms with E-state index in [1.807, 2.05) is 95.5 Å². The van der Waals surface area contributed by atoms with Crippen LogP contribution in [0, 0.1) is 111 Å². The molecule has 0 saturated heterocycles. The molecule has 0 N–H and O–H groups in total. The van der Waals surface area contributed by atoms with Crippen molar-refractivity contribution in [3.8, 4) is 0 Å². The largest absolute Gasteiger partial charge is 0.456 e. The van der Waals surface area contributed by atoms with Gasteiger partial charge in [-0.3, -0.25) is 0 Å². The van der Waals surface area contributed by atoms with Gasteiger partial charge in [-0.25, -0.2) is 0 Å². The second kappa shape index (κ2) is 33.3. The Balaban J connectivity index is 0.0000000979. The molecule has 8 aromatic heterocycles. The number of fused-ring (bicyclic) bond motifs is 24. The van der Waals surface area contributed by atoms with Crippen molar-refractivity contribution in [3.05, 3.63) is 380 Å². The molecule has 0 atom stereocenters. The van der Waals surface area contributed by atoms with E-state index < -0.39 is 0 Å². The summed E-state index contributed by atoms with van der Waals surface area (Å²) in [4.78, 5) is 0. The van der Waals surface area contributed by atoms with Crippen LogP contribution in [0.2, 0.25) is 0 Å². The maximum atomic E-state index is 5.86. The summed E-state index contributed by atoms with van der Waals surface area (Å²) in [6, 6.07) is 102. The van der Waals surface area contributed by atoms with Gasteiger partial charge in [-0.15, -0.1) is 22.7 Å². The van der Waals surface area contributed by atoms with Crippen molar-refractivity contribution in [3.63, 3.8) is 0 Å². The van der Waals surface area contributed by atoms with E-state index in [2.05, 4.69) is 329 Å². The SMILES string of the molecule is Cc1ccc(C)c2c1oc1ccccc12.Cc1ccc2c(c1)oc1c(C)cccc12.Cc1ccc2c(c1)sc1cc(C)ccc12.Cc1ccc2oc3c(C)cccc3c2c1.Cc1ccc2oc3cccc(C)c3c2c1.Cc1cccc2c1oc1cccc(C)c12.Cc1cccc2c1sc1c(C)cccc12.Cc1cccc2oc3cccc(C)c3c12. The zero-order valence-electron chi connectivity index (χ0n) is 71.0. The summed E-state index contributed by atoms with van der Waals surface area (Å²) >= 11 is 3.80. The van der Waals surface area contributed by atoms with Crippen LogP contribution in [-0.4, -0.2) is 0 Å². The highest BCUT2D eigenvalue weighted by molar-refractivity contribution is 7.26. The van der Waals surface area contributed by atoms with Crippen LogP contribution in [0.15, 0.2) is 318 Å².